The van der Waals surface area contributed by atoms with E-state index < -0.39 is 0 Å². The van der Waals surface area contributed by atoms with Crippen molar-refractivity contribution in [1.82, 2.24) is 10.3 Å². The summed E-state index contributed by atoms with van der Waals surface area (Å²) in [6.07, 6.45) is 13.0. The summed E-state index contributed by atoms with van der Waals surface area (Å²) in [5.41, 5.74) is 9.05. The Kier molecular flexibility index (Phi) is 3.90. The number of nitrogens with zero attached hydrogens (tertiary/aromatic N) is 2. The number of aliphatic imine (C=N–C) groups is 2. The zero-order chi connectivity index (χ0) is 19.4. The zero-order valence-corrected chi connectivity index (χ0v) is 16.8. The molecule has 0 fully saturated rings. The van der Waals surface area contributed by atoms with Crippen LogP contribution in [0.4, 0.5) is 0 Å². The first-order chi connectivity index (χ1) is 13.5. The molecule has 28 heavy (non-hydrogen) atoms. The number of aromatic amines is 1. The summed E-state index contributed by atoms with van der Waals surface area (Å²) in [5, 5.41) is 3.71. The van der Waals surface area contributed by atoms with Crippen LogP contribution in [0.2, 0.25) is 0 Å². The van der Waals surface area contributed by atoms with Gasteiger partial charge in [0, 0.05) is 22.7 Å². The number of nitrogens with one attached hydrogen (secondary N) is 2. The normalized spacial score (nSPS) is 30.2. The summed E-state index contributed by atoms with van der Waals surface area (Å²) in [5.74, 6) is 0.769. The molecule has 2 unspecified atom stereocenters. The lowest BCUT2D eigenvalue weighted by molar-refractivity contribution is 0.662. The highest BCUT2D eigenvalue weighted by Crippen LogP contribution is 2.34. The van der Waals surface area contributed by atoms with Gasteiger partial charge in [-0.15, -0.1) is 0 Å². The molecule has 5 rings (SSSR count). The summed E-state index contributed by atoms with van der Waals surface area (Å²) in [7, 11) is 0. The van der Waals surface area contributed by atoms with E-state index in [-0.39, 0.29) is 12.1 Å². The Morgan fingerprint density at radius 1 is 0.893 bits per heavy atom. The average Bonchev–Trinajstić information content (AvgIpc) is 3.41. The van der Waals surface area contributed by atoms with E-state index in [1.807, 2.05) is 0 Å². The molecule has 4 aliphatic heterocycles. The largest absolute Gasteiger partial charge is 0.373 e. The van der Waals surface area contributed by atoms with Crippen LogP contribution in [0.3, 0.4) is 0 Å². The highest BCUT2D eigenvalue weighted by atomic mass is 15.0. The average molecular weight is 370 g/mol. The Balaban J connectivity index is 1.72. The minimum absolute atomic E-state index is 0.0664. The molecule has 0 aliphatic carbocycles. The van der Waals surface area contributed by atoms with Gasteiger partial charge in [0.2, 0.25) is 0 Å². The first-order valence-electron chi connectivity index (χ1n) is 10.2. The van der Waals surface area contributed by atoms with Crippen LogP contribution in [0.15, 0.2) is 75.5 Å². The Hall–Kier alpha value is -2.88. The molecule has 0 saturated heterocycles. The maximum atomic E-state index is 5.02. The second-order valence-electron chi connectivity index (χ2n) is 8.43. The van der Waals surface area contributed by atoms with Crippen LogP contribution in [0.1, 0.15) is 45.1 Å². The third kappa shape index (κ3) is 2.67. The van der Waals surface area contributed by atoms with Gasteiger partial charge in [0.1, 0.15) is 0 Å². The molecular weight excluding hydrogens is 344 g/mol. The molecule has 4 heteroatoms. The molecular formula is C24H26N4. The van der Waals surface area contributed by atoms with Gasteiger partial charge in [0.25, 0.3) is 0 Å². The van der Waals surface area contributed by atoms with Crippen molar-refractivity contribution in [1.29, 1.82) is 0 Å². The van der Waals surface area contributed by atoms with Crippen molar-refractivity contribution < 1.29 is 0 Å². The van der Waals surface area contributed by atoms with E-state index in [0.717, 1.165) is 22.8 Å². The highest BCUT2D eigenvalue weighted by Gasteiger charge is 2.28. The van der Waals surface area contributed by atoms with Gasteiger partial charge in [-0.1, -0.05) is 39.8 Å². The summed E-state index contributed by atoms with van der Waals surface area (Å²) in [4.78, 5) is 13.6. The maximum absolute atomic E-state index is 5.02. The van der Waals surface area contributed by atoms with Crippen molar-refractivity contribution in [2.24, 2.45) is 21.8 Å². The van der Waals surface area contributed by atoms with Crippen LogP contribution in [-0.2, 0) is 0 Å². The van der Waals surface area contributed by atoms with Gasteiger partial charge in [0.15, 0.2) is 0 Å². The van der Waals surface area contributed by atoms with Gasteiger partial charge in [-0.25, -0.2) is 4.99 Å². The molecule has 1 aromatic heterocycles. The topological polar surface area (TPSA) is 52.5 Å². The van der Waals surface area contributed by atoms with E-state index in [1.165, 1.54) is 22.5 Å². The van der Waals surface area contributed by atoms with Crippen LogP contribution in [0.5, 0.6) is 0 Å². The predicted octanol–water partition coefficient (Wildman–Crippen LogP) is 4.90. The lowest BCUT2D eigenvalue weighted by Crippen LogP contribution is -2.21. The van der Waals surface area contributed by atoms with Crippen molar-refractivity contribution >= 4 is 17.0 Å². The van der Waals surface area contributed by atoms with E-state index in [1.54, 1.807) is 0 Å². The van der Waals surface area contributed by atoms with E-state index in [9.17, 15) is 0 Å². The number of H-pyrrole nitrogens is 1. The van der Waals surface area contributed by atoms with Crippen LogP contribution < -0.4 is 5.32 Å². The summed E-state index contributed by atoms with van der Waals surface area (Å²) < 4.78 is 0. The number of hydrogen-bond acceptors (Lipinski definition) is 3. The number of hydrogen-bond donors (Lipinski definition) is 2. The SMILES string of the molecule is CC(C)/C1=C2\C=CC(=N2)C2=NC(C=C2)/C(C(C)C)=C2/C=CC(N2)c2ccc1[nH]2. The molecule has 4 aliphatic rings. The fourth-order valence-electron chi connectivity index (χ4n) is 4.52. The van der Waals surface area contributed by atoms with Gasteiger partial charge in [-0.05, 0) is 53.8 Å². The lowest BCUT2D eigenvalue weighted by atomic mass is 9.94. The lowest BCUT2D eigenvalue weighted by Gasteiger charge is -2.20. The second kappa shape index (κ2) is 6.33. The minimum atomic E-state index is 0.0664. The van der Waals surface area contributed by atoms with Crippen LogP contribution in [0, 0.1) is 11.8 Å². The third-order valence-electron chi connectivity index (χ3n) is 5.82. The number of aromatic nitrogens is 1. The summed E-state index contributed by atoms with van der Waals surface area (Å²) in [6.45, 7) is 8.93. The molecule has 4 nitrogen and oxygen atoms in total. The number of rotatable bonds is 2. The van der Waals surface area contributed by atoms with Gasteiger partial charge < -0.3 is 10.3 Å². The smallest absolute Gasteiger partial charge is 0.0927 e. The van der Waals surface area contributed by atoms with E-state index >= 15 is 0 Å². The minimum Gasteiger partial charge on any atom is -0.373 e. The van der Waals surface area contributed by atoms with Gasteiger partial charge >= 0.3 is 0 Å². The molecule has 142 valence electrons. The Morgan fingerprint density at radius 2 is 1.75 bits per heavy atom. The van der Waals surface area contributed by atoms with Crippen molar-refractivity contribution in [2.45, 2.75) is 39.8 Å². The first-order valence-corrected chi connectivity index (χ1v) is 10.2. The van der Waals surface area contributed by atoms with Gasteiger partial charge in [0.05, 0.1) is 29.2 Å². The van der Waals surface area contributed by atoms with E-state index in [4.69, 9.17) is 9.98 Å². The van der Waals surface area contributed by atoms with Crippen molar-refractivity contribution in [2.75, 3.05) is 0 Å². The molecule has 2 N–H and O–H groups in total. The van der Waals surface area contributed by atoms with Gasteiger partial charge in [-0.2, -0.15) is 0 Å². The van der Waals surface area contributed by atoms with E-state index in [0.29, 0.717) is 11.8 Å². The molecule has 2 atom stereocenters. The van der Waals surface area contributed by atoms with Crippen molar-refractivity contribution in [3.63, 3.8) is 0 Å². The molecule has 0 spiro atoms. The monoisotopic (exact) mass is 370 g/mol. The van der Waals surface area contributed by atoms with E-state index in [2.05, 4.69) is 86.6 Å². The number of fused-ring (bicyclic) bond motifs is 8. The van der Waals surface area contributed by atoms with Crippen molar-refractivity contribution in [3.05, 3.63) is 76.9 Å². The fourth-order valence-corrected chi connectivity index (χ4v) is 4.52. The molecule has 8 bridgehead atoms. The summed E-state index contributed by atoms with van der Waals surface area (Å²) in [6, 6.07) is 4.59. The third-order valence-corrected chi connectivity index (χ3v) is 5.82. The standard InChI is InChI=1S/C24H26N4/c1-13(2)23-19-9-5-15(25-19)17-7-11-21(27-17)24(14(3)4)22-12-8-18(28-22)16-6-10-20(23)26-16/h5-15,20,25,27H,1-4H3/b23-19-,24-22-. The molecule has 0 radical (unpaired) electrons. The Bertz CT molecular complexity index is 1050. The molecule has 5 heterocycles. The summed E-state index contributed by atoms with van der Waals surface area (Å²) >= 11 is 0. The fraction of sp³-hybridized carbons (Fsp3) is 0.333. The van der Waals surface area contributed by atoms with Crippen LogP contribution >= 0.6 is 0 Å². The second-order valence-corrected chi connectivity index (χ2v) is 8.43. The zero-order valence-electron chi connectivity index (χ0n) is 16.8. The van der Waals surface area contributed by atoms with Crippen molar-refractivity contribution in [3.8, 4) is 0 Å². The van der Waals surface area contributed by atoms with Crippen LogP contribution in [0.25, 0.3) is 5.57 Å². The molecule has 1 aromatic rings. The first kappa shape index (κ1) is 17.2. The molecule has 0 saturated carbocycles. The molecule has 0 aromatic carbocycles. The molecule has 0 amide bonds. The Morgan fingerprint density at radius 3 is 2.54 bits per heavy atom. The quantitative estimate of drug-likeness (QED) is 0.765. The van der Waals surface area contributed by atoms with Crippen LogP contribution in [-0.4, -0.2) is 22.4 Å². The number of allylic oxidation sites excluding steroid dienone is 5. The predicted molar refractivity (Wildman–Crippen MR) is 116 cm³/mol. The van der Waals surface area contributed by atoms with Gasteiger partial charge in [-0.3, -0.25) is 4.99 Å². The maximum Gasteiger partial charge on any atom is 0.0927 e. The Labute approximate surface area is 166 Å². The highest BCUT2D eigenvalue weighted by molar-refractivity contribution is 6.51.